The molecule has 1 aromatic carbocycles. The van der Waals surface area contributed by atoms with Crippen LogP contribution in [0.1, 0.15) is 19.8 Å². The van der Waals surface area contributed by atoms with E-state index >= 15 is 0 Å². The monoisotopic (exact) mass is 302 g/mol. The van der Waals surface area contributed by atoms with Gasteiger partial charge in [-0.25, -0.2) is 4.39 Å². The zero-order valence-electron chi connectivity index (χ0n) is 12.6. The first-order chi connectivity index (χ1) is 10.7. The van der Waals surface area contributed by atoms with Gasteiger partial charge in [0.15, 0.2) is 0 Å². The summed E-state index contributed by atoms with van der Waals surface area (Å²) in [5.41, 5.74) is 0.773. The first-order valence-corrected chi connectivity index (χ1v) is 7.54. The van der Waals surface area contributed by atoms with Gasteiger partial charge >= 0.3 is 0 Å². The molecule has 2 heterocycles. The van der Waals surface area contributed by atoms with Crippen LogP contribution in [0.4, 0.5) is 21.8 Å². The summed E-state index contributed by atoms with van der Waals surface area (Å²) in [4.78, 5) is 11.1. The Morgan fingerprint density at radius 1 is 1.18 bits per heavy atom. The molecule has 3 rings (SSSR count). The van der Waals surface area contributed by atoms with Gasteiger partial charge in [-0.05, 0) is 44.0 Å². The summed E-state index contributed by atoms with van der Waals surface area (Å²) >= 11 is 0. The molecule has 5 nitrogen and oxygen atoms in total. The summed E-state index contributed by atoms with van der Waals surface area (Å²) in [5.74, 6) is 1.60. The van der Waals surface area contributed by atoms with E-state index in [0.29, 0.717) is 24.3 Å². The van der Waals surface area contributed by atoms with Gasteiger partial charge in [0, 0.05) is 24.8 Å². The van der Waals surface area contributed by atoms with Crippen LogP contribution in [-0.2, 0) is 0 Å². The van der Waals surface area contributed by atoms with Gasteiger partial charge in [-0.1, -0.05) is 0 Å². The maximum atomic E-state index is 13.0. The van der Waals surface area contributed by atoms with Crippen molar-refractivity contribution >= 4 is 17.5 Å². The summed E-state index contributed by atoms with van der Waals surface area (Å²) in [6, 6.07) is 7.93. The molecular formula is C16H19FN4O. The normalized spacial score (nSPS) is 14.2. The number of nitrogens with zero attached hydrogens (tertiary/aromatic N) is 3. The molecule has 1 fully saturated rings. The van der Waals surface area contributed by atoms with E-state index in [1.54, 1.807) is 18.2 Å². The van der Waals surface area contributed by atoms with Crippen molar-refractivity contribution in [2.45, 2.75) is 19.8 Å². The smallest absolute Gasteiger partial charge is 0.230 e. The van der Waals surface area contributed by atoms with Crippen LogP contribution < -0.4 is 15.0 Å². The van der Waals surface area contributed by atoms with E-state index < -0.39 is 0 Å². The highest BCUT2D eigenvalue weighted by molar-refractivity contribution is 5.58. The summed E-state index contributed by atoms with van der Waals surface area (Å²) in [6.45, 7) is 4.40. The minimum atomic E-state index is -0.263. The van der Waals surface area contributed by atoms with Crippen molar-refractivity contribution in [3.8, 4) is 5.88 Å². The van der Waals surface area contributed by atoms with Crippen LogP contribution in [0, 0.1) is 5.82 Å². The molecule has 1 aromatic heterocycles. The predicted octanol–water partition coefficient (Wildman–Crippen LogP) is 3.36. The fraction of sp³-hybridized carbons (Fsp3) is 0.375. The lowest BCUT2D eigenvalue weighted by Gasteiger charge is -2.17. The molecular weight excluding hydrogens is 283 g/mol. The van der Waals surface area contributed by atoms with Crippen molar-refractivity contribution in [2.24, 2.45) is 0 Å². The molecule has 0 saturated carbocycles. The first kappa shape index (κ1) is 14.6. The van der Waals surface area contributed by atoms with Crippen LogP contribution in [-0.4, -0.2) is 29.7 Å². The molecule has 0 amide bonds. The number of benzene rings is 1. The molecule has 0 atom stereocenters. The van der Waals surface area contributed by atoms with Gasteiger partial charge in [-0.3, -0.25) is 0 Å². The number of aromatic nitrogens is 2. The second-order valence-electron chi connectivity index (χ2n) is 5.15. The number of anilines is 3. The molecule has 0 aliphatic carbocycles. The third kappa shape index (κ3) is 3.44. The van der Waals surface area contributed by atoms with Crippen molar-refractivity contribution in [1.82, 2.24) is 9.97 Å². The van der Waals surface area contributed by atoms with Crippen LogP contribution in [0.25, 0.3) is 0 Å². The van der Waals surface area contributed by atoms with Crippen LogP contribution >= 0.6 is 0 Å². The van der Waals surface area contributed by atoms with Crippen LogP contribution in [0.2, 0.25) is 0 Å². The first-order valence-electron chi connectivity index (χ1n) is 7.54. The molecule has 0 bridgehead atoms. The lowest BCUT2D eigenvalue weighted by atomic mass is 10.3. The standard InChI is InChI=1S/C16H19FN4O/c1-2-22-15-11-14(18-13-7-5-12(17)6-8-13)19-16(20-15)21-9-3-4-10-21/h5-8,11H,2-4,9-10H2,1H3,(H,18,19,20). The van der Waals surface area contributed by atoms with Crippen molar-refractivity contribution in [3.05, 3.63) is 36.1 Å². The van der Waals surface area contributed by atoms with Gasteiger partial charge in [-0.2, -0.15) is 9.97 Å². The Kier molecular flexibility index (Phi) is 4.37. The molecule has 1 aliphatic rings. The number of rotatable bonds is 5. The fourth-order valence-corrected chi connectivity index (χ4v) is 2.44. The Bertz CT molecular complexity index is 627. The highest BCUT2D eigenvalue weighted by atomic mass is 19.1. The summed E-state index contributed by atoms with van der Waals surface area (Å²) in [7, 11) is 0. The second kappa shape index (κ2) is 6.60. The number of ether oxygens (including phenoxy) is 1. The van der Waals surface area contributed by atoms with Crippen LogP contribution in [0.15, 0.2) is 30.3 Å². The molecule has 0 unspecified atom stereocenters. The van der Waals surface area contributed by atoms with Gasteiger partial charge in [0.25, 0.3) is 0 Å². The summed E-state index contributed by atoms with van der Waals surface area (Å²) in [6.07, 6.45) is 2.31. The van der Waals surface area contributed by atoms with E-state index in [0.717, 1.165) is 31.6 Å². The summed E-state index contributed by atoms with van der Waals surface area (Å²) in [5, 5.41) is 3.17. The molecule has 1 saturated heterocycles. The average Bonchev–Trinajstić information content (AvgIpc) is 3.04. The number of hydrogen-bond acceptors (Lipinski definition) is 5. The molecule has 22 heavy (non-hydrogen) atoms. The Hall–Kier alpha value is -2.37. The molecule has 0 radical (unpaired) electrons. The van der Waals surface area contributed by atoms with Crippen LogP contribution in [0.5, 0.6) is 5.88 Å². The zero-order valence-corrected chi connectivity index (χ0v) is 12.6. The highest BCUT2D eigenvalue weighted by Gasteiger charge is 2.17. The predicted molar refractivity (Wildman–Crippen MR) is 84.3 cm³/mol. The maximum absolute atomic E-state index is 13.0. The van der Waals surface area contributed by atoms with Crippen LogP contribution in [0.3, 0.4) is 0 Å². The van der Waals surface area contributed by atoms with Gasteiger partial charge in [0.2, 0.25) is 11.8 Å². The summed E-state index contributed by atoms with van der Waals surface area (Å²) < 4.78 is 18.5. The van der Waals surface area contributed by atoms with Crippen molar-refractivity contribution in [2.75, 3.05) is 29.9 Å². The quantitative estimate of drug-likeness (QED) is 0.918. The van der Waals surface area contributed by atoms with Crippen molar-refractivity contribution in [3.63, 3.8) is 0 Å². The van der Waals surface area contributed by atoms with Crippen molar-refractivity contribution < 1.29 is 9.13 Å². The number of halogens is 1. The average molecular weight is 302 g/mol. The zero-order chi connectivity index (χ0) is 15.4. The van der Waals surface area contributed by atoms with Gasteiger partial charge in [0.1, 0.15) is 11.6 Å². The largest absolute Gasteiger partial charge is 0.478 e. The number of hydrogen-bond donors (Lipinski definition) is 1. The third-order valence-corrected chi connectivity index (χ3v) is 3.49. The van der Waals surface area contributed by atoms with E-state index in [1.165, 1.54) is 12.1 Å². The molecule has 2 aromatic rings. The molecule has 1 N–H and O–H groups in total. The Balaban J connectivity index is 1.86. The SMILES string of the molecule is CCOc1cc(Nc2ccc(F)cc2)nc(N2CCCC2)n1. The number of nitrogens with one attached hydrogen (secondary N) is 1. The lowest BCUT2D eigenvalue weighted by molar-refractivity contribution is 0.326. The molecule has 0 spiro atoms. The van der Waals surface area contributed by atoms with Gasteiger partial charge in [-0.15, -0.1) is 0 Å². The molecule has 1 aliphatic heterocycles. The Morgan fingerprint density at radius 2 is 1.91 bits per heavy atom. The van der Waals surface area contributed by atoms with Crippen molar-refractivity contribution in [1.29, 1.82) is 0 Å². The van der Waals surface area contributed by atoms with Gasteiger partial charge in [0.05, 0.1) is 6.61 Å². The van der Waals surface area contributed by atoms with E-state index in [2.05, 4.69) is 20.2 Å². The molecule has 116 valence electrons. The molecule has 6 heteroatoms. The van der Waals surface area contributed by atoms with E-state index in [-0.39, 0.29) is 5.82 Å². The topological polar surface area (TPSA) is 50.3 Å². The van der Waals surface area contributed by atoms with E-state index in [4.69, 9.17) is 4.74 Å². The Labute approximate surface area is 129 Å². The highest BCUT2D eigenvalue weighted by Crippen LogP contribution is 2.24. The minimum Gasteiger partial charge on any atom is -0.478 e. The van der Waals surface area contributed by atoms with E-state index in [9.17, 15) is 4.39 Å². The second-order valence-corrected chi connectivity index (χ2v) is 5.15. The Morgan fingerprint density at radius 3 is 2.59 bits per heavy atom. The minimum absolute atomic E-state index is 0.263. The maximum Gasteiger partial charge on any atom is 0.230 e. The van der Waals surface area contributed by atoms with E-state index in [1.807, 2.05) is 6.92 Å². The van der Waals surface area contributed by atoms with Gasteiger partial charge < -0.3 is 15.0 Å². The third-order valence-electron chi connectivity index (χ3n) is 3.49. The lowest BCUT2D eigenvalue weighted by Crippen LogP contribution is -2.21. The fourth-order valence-electron chi connectivity index (χ4n) is 2.44.